The average Bonchev–Trinajstić information content (AvgIpc) is 2.87. The van der Waals surface area contributed by atoms with Crippen LogP contribution >= 0.6 is 0 Å². The third-order valence-corrected chi connectivity index (χ3v) is 3.88. The van der Waals surface area contributed by atoms with E-state index in [-0.39, 0.29) is 0 Å². The van der Waals surface area contributed by atoms with Gasteiger partial charge in [-0.15, -0.1) is 0 Å². The molecule has 0 saturated carbocycles. The number of para-hydroxylation sites is 1. The predicted molar refractivity (Wildman–Crippen MR) is 85.2 cm³/mol. The third kappa shape index (κ3) is 3.41. The molecule has 0 aliphatic heterocycles. The molecule has 1 N–H and O–H groups in total. The minimum Gasteiger partial charge on any atom is -0.355 e. The Labute approximate surface area is 122 Å². The number of imidazole rings is 1. The summed E-state index contributed by atoms with van der Waals surface area (Å²) in [5, 5.41) is 3.51. The van der Waals surface area contributed by atoms with Gasteiger partial charge in [0.15, 0.2) is 0 Å². The molecule has 0 spiro atoms. The molecular formula is C17H25N3. The maximum atomic E-state index is 4.44. The minimum atomic E-state index is 0.649. The van der Waals surface area contributed by atoms with Crippen molar-refractivity contribution >= 4 is 5.95 Å². The average molecular weight is 271 g/mol. The highest BCUT2D eigenvalue weighted by atomic mass is 15.2. The van der Waals surface area contributed by atoms with Gasteiger partial charge >= 0.3 is 0 Å². The van der Waals surface area contributed by atoms with Gasteiger partial charge in [-0.05, 0) is 29.9 Å². The Morgan fingerprint density at radius 3 is 2.30 bits per heavy atom. The number of nitrogens with one attached hydrogen (secondary N) is 1. The van der Waals surface area contributed by atoms with E-state index < -0.39 is 0 Å². The van der Waals surface area contributed by atoms with Crippen molar-refractivity contribution < 1.29 is 0 Å². The lowest BCUT2D eigenvalue weighted by Crippen LogP contribution is -2.25. The molecule has 0 bridgehead atoms. The van der Waals surface area contributed by atoms with Gasteiger partial charge in [0.2, 0.25) is 5.95 Å². The summed E-state index contributed by atoms with van der Waals surface area (Å²) < 4.78 is 2.09. The molecule has 3 nitrogen and oxygen atoms in total. The number of rotatable bonds is 6. The summed E-state index contributed by atoms with van der Waals surface area (Å²) in [6.45, 7) is 10.1. The van der Waals surface area contributed by atoms with Crippen LogP contribution in [-0.2, 0) is 0 Å². The van der Waals surface area contributed by atoms with Gasteiger partial charge in [-0.25, -0.2) is 4.98 Å². The zero-order valence-electron chi connectivity index (χ0n) is 12.9. The molecule has 2 aromatic rings. The van der Waals surface area contributed by atoms with Crippen LogP contribution in [0.15, 0.2) is 42.7 Å². The standard InChI is InChI=1S/C17H25N3/c1-13(2)16(14(3)4)12-19-17-18-10-11-20(17)15-8-6-5-7-9-15/h5-11,13-14,16H,12H2,1-4H3,(H,18,19). The maximum absolute atomic E-state index is 4.44. The maximum Gasteiger partial charge on any atom is 0.207 e. The van der Waals surface area contributed by atoms with Crippen molar-refractivity contribution in [1.29, 1.82) is 0 Å². The fourth-order valence-electron chi connectivity index (χ4n) is 2.68. The molecule has 0 amide bonds. The van der Waals surface area contributed by atoms with Crippen LogP contribution in [0.1, 0.15) is 27.7 Å². The van der Waals surface area contributed by atoms with Gasteiger partial charge in [0.1, 0.15) is 0 Å². The second-order valence-electron chi connectivity index (χ2n) is 5.99. The summed E-state index contributed by atoms with van der Waals surface area (Å²) in [6, 6.07) is 10.3. The third-order valence-electron chi connectivity index (χ3n) is 3.88. The first kappa shape index (κ1) is 14.6. The Kier molecular flexibility index (Phi) is 4.83. The van der Waals surface area contributed by atoms with Crippen molar-refractivity contribution in [1.82, 2.24) is 9.55 Å². The van der Waals surface area contributed by atoms with Crippen LogP contribution in [0, 0.1) is 17.8 Å². The van der Waals surface area contributed by atoms with Crippen LogP contribution in [-0.4, -0.2) is 16.1 Å². The lowest BCUT2D eigenvalue weighted by Gasteiger charge is -2.25. The molecule has 0 saturated heterocycles. The topological polar surface area (TPSA) is 29.9 Å². The summed E-state index contributed by atoms with van der Waals surface area (Å²) in [5.41, 5.74) is 1.14. The van der Waals surface area contributed by atoms with Crippen LogP contribution in [0.5, 0.6) is 0 Å². The zero-order chi connectivity index (χ0) is 14.5. The monoisotopic (exact) mass is 271 g/mol. The molecule has 1 aromatic carbocycles. The van der Waals surface area contributed by atoms with Crippen LogP contribution in [0.25, 0.3) is 5.69 Å². The molecule has 1 heterocycles. The summed E-state index contributed by atoms with van der Waals surface area (Å²) in [5.74, 6) is 2.91. The molecule has 0 aliphatic rings. The number of hydrogen-bond acceptors (Lipinski definition) is 2. The predicted octanol–water partition coefficient (Wildman–Crippen LogP) is 4.21. The summed E-state index contributed by atoms with van der Waals surface area (Å²) in [6.07, 6.45) is 3.84. The zero-order valence-corrected chi connectivity index (χ0v) is 12.9. The molecule has 20 heavy (non-hydrogen) atoms. The molecule has 108 valence electrons. The molecule has 0 atom stereocenters. The van der Waals surface area contributed by atoms with E-state index in [1.165, 1.54) is 0 Å². The Balaban J connectivity index is 2.10. The minimum absolute atomic E-state index is 0.649. The summed E-state index contributed by atoms with van der Waals surface area (Å²) >= 11 is 0. The van der Waals surface area contributed by atoms with E-state index in [9.17, 15) is 0 Å². The highest BCUT2D eigenvalue weighted by Gasteiger charge is 2.18. The SMILES string of the molecule is CC(C)C(CNc1nccn1-c1ccccc1)C(C)C. The Morgan fingerprint density at radius 2 is 1.70 bits per heavy atom. The van der Waals surface area contributed by atoms with Crippen molar-refractivity contribution in [2.75, 3.05) is 11.9 Å². The van der Waals surface area contributed by atoms with E-state index in [0.717, 1.165) is 18.2 Å². The first-order chi connectivity index (χ1) is 9.59. The van der Waals surface area contributed by atoms with Crippen LogP contribution in [0.2, 0.25) is 0 Å². The number of aromatic nitrogens is 2. The van der Waals surface area contributed by atoms with Crippen LogP contribution in [0.4, 0.5) is 5.95 Å². The largest absolute Gasteiger partial charge is 0.355 e. The van der Waals surface area contributed by atoms with Gasteiger partial charge in [0, 0.05) is 24.6 Å². The molecule has 1 aromatic heterocycles. The molecule has 0 radical (unpaired) electrons. The highest BCUT2D eigenvalue weighted by Crippen LogP contribution is 2.21. The van der Waals surface area contributed by atoms with Gasteiger partial charge in [-0.2, -0.15) is 0 Å². The van der Waals surface area contributed by atoms with Crippen molar-refractivity contribution in [3.63, 3.8) is 0 Å². The first-order valence-electron chi connectivity index (χ1n) is 7.42. The van der Waals surface area contributed by atoms with E-state index in [1.807, 2.05) is 30.6 Å². The number of anilines is 1. The van der Waals surface area contributed by atoms with Gasteiger partial charge in [-0.1, -0.05) is 45.9 Å². The van der Waals surface area contributed by atoms with E-state index in [1.54, 1.807) is 0 Å². The number of hydrogen-bond donors (Lipinski definition) is 1. The van der Waals surface area contributed by atoms with Crippen molar-refractivity contribution in [2.24, 2.45) is 17.8 Å². The Bertz CT molecular complexity index is 506. The molecule has 0 aliphatic carbocycles. The lowest BCUT2D eigenvalue weighted by molar-refractivity contribution is 0.304. The van der Waals surface area contributed by atoms with Crippen LogP contribution < -0.4 is 5.32 Å². The highest BCUT2D eigenvalue weighted by molar-refractivity contribution is 5.41. The van der Waals surface area contributed by atoms with E-state index >= 15 is 0 Å². The fourth-order valence-corrected chi connectivity index (χ4v) is 2.68. The Morgan fingerprint density at radius 1 is 1.05 bits per heavy atom. The normalized spacial score (nSPS) is 11.6. The molecular weight excluding hydrogens is 246 g/mol. The van der Waals surface area contributed by atoms with E-state index in [4.69, 9.17) is 0 Å². The quantitative estimate of drug-likeness (QED) is 0.852. The molecule has 2 rings (SSSR count). The van der Waals surface area contributed by atoms with Crippen LogP contribution in [0.3, 0.4) is 0 Å². The lowest BCUT2D eigenvalue weighted by atomic mass is 9.85. The van der Waals surface area contributed by atoms with Gasteiger partial charge in [0.25, 0.3) is 0 Å². The first-order valence-corrected chi connectivity index (χ1v) is 7.42. The van der Waals surface area contributed by atoms with Gasteiger partial charge < -0.3 is 5.32 Å². The van der Waals surface area contributed by atoms with Crippen molar-refractivity contribution in [3.8, 4) is 5.69 Å². The van der Waals surface area contributed by atoms with Gasteiger partial charge in [-0.3, -0.25) is 4.57 Å². The summed E-state index contributed by atoms with van der Waals surface area (Å²) in [7, 11) is 0. The Hall–Kier alpha value is -1.77. The van der Waals surface area contributed by atoms with Gasteiger partial charge in [0.05, 0.1) is 0 Å². The number of nitrogens with zero attached hydrogens (tertiary/aromatic N) is 2. The molecule has 0 unspecified atom stereocenters. The number of benzene rings is 1. The van der Waals surface area contributed by atoms with Crippen molar-refractivity contribution in [2.45, 2.75) is 27.7 Å². The second-order valence-corrected chi connectivity index (χ2v) is 5.99. The van der Waals surface area contributed by atoms with E-state index in [0.29, 0.717) is 17.8 Å². The second kappa shape index (κ2) is 6.60. The smallest absolute Gasteiger partial charge is 0.207 e. The fraction of sp³-hybridized carbons (Fsp3) is 0.471. The molecule has 0 fully saturated rings. The molecule has 3 heteroatoms. The summed E-state index contributed by atoms with van der Waals surface area (Å²) in [4.78, 5) is 4.44. The van der Waals surface area contributed by atoms with Crippen molar-refractivity contribution in [3.05, 3.63) is 42.7 Å². The van der Waals surface area contributed by atoms with E-state index in [2.05, 4.69) is 54.7 Å².